The van der Waals surface area contributed by atoms with Gasteiger partial charge in [0.25, 0.3) is 0 Å². The van der Waals surface area contributed by atoms with Crippen LogP contribution in [0.2, 0.25) is 0 Å². The van der Waals surface area contributed by atoms with E-state index in [1.165, 1.54) is 12.1 Å². The van der Waals surface area contributed by atoms with E-state index in [-0.39, 0.29) is 11.5 Å². The van der Waals surface area contributed by atoms with Gasteiger partial charge in [-0.25, -0.2) is 4.79 Å². The van der Waals surface area contributed by atoms with Crippen molar-refractivity contribution in [3.63, 3.8) is 0 Å². The SMILES string of the molecule is C=CCN1C(=O)Cc2ccc(C(=O)O)cc21. The van der Waals surface area contributed by atoms with Crippen LogP contribution < -0.4 is 4.90 Å². The van der Waals surface area contributed by atoms with Crippen molar-refractivity contribution in [2.24, 2.45) is 0 Å². The summed E-state index contributed by atoms with van der Waals surface area (Å²) in [6.07, 6.45) is 1.96. The first-order valence-corrected chi connectivity index (χ1v) is 4.91. The van der Waals surface area contributed by atoms with Crippen molar-refractivity contribution in [1.29, 1.82) is 0 Å². The van der Waals surface area contributed by atoms with E-state index in [1.807, 2.05) is 0 Å². The molecule has 1 aromatic rings. The van der Waals surface area contributed by atoms with Gasteiger partial charge in [0, 0.05) is 12.2 Å². The van der Waals surface area contributed by atoms with E-state index in [0.717, 1.165) is 5.56 Å². The second kappa shape index (κ2) is 3.81. The zero-order chi connectivity index (χ0) is 11.7. The van der Waals surface area contributed by atoms with Gasteiger partial charge in [-0.3, -0.25) is 4.79 Å². The lowest BCUT2D eigenvalue weighted by atomic mass is 10.1. The van der Waals surface area contributed by atoms with Crippen LogP contribution >= 0.6 is 0 Å². The van der Waals surface area contributed by atoms with Gasteiger partial charge in [0.05, 0.1) is 12.0 Å². The monoisotopic (exact) mass is 217 g/mol. The third-order valence-electron chi connectivity index (χ3n) is 2.58. The Bertz CT molecular complexity index is 479. The van der Waals surface area contributed by atoms with Crippen LogP contribution in [0, 0.1) is 0 Å². The minimum absolute atomic E-state index is 0.0163. The molecule has 0 aromatic heterocycles. The van der Waals surface area contributed by atoms with Crippen LogP contribution in [0.3, 0.4) is 0 Å². The molecule has 0 radical (unpaired) electrons. The third kappa shape index (κ3) is 1.58. The highest BCUT2D eigenvalue weighted by Crippen LogP contribution is 2.29. The summed E-state index contributed by atoms with van der Waals surface area (Å²) in [5.41, 5.74) is 1.75. The first kappa shape index (κ1) is 10.4. The molecule has 1 aliphatic heterocycles. The van der Waals surface area contributed by atoms with Crippen LogP contribution in [-0.2, 0) is 11.2 Å². The maximum atomic E-state index is 11.6. The number of carbonyl (C=O) groups is 2. The van der Waals surface area contributed by atoms with Gasteiger partial charge in [-0.05, 0) is 17.7 Å². The van der Waals surface area contributed by atoms with Gasteiger partial charge in [-0.1, -0.05) is 12.1 Å². The highest BCUT2D eigenvalue weighted by molar-refractivity contribution is 6.03. The van der Waals surface area contributed by atoms with Crippen LogP contribution in [0.4, 0.5) is 5.69 Å². The fraction of sp³-hybridized carbons (Fsp3) is 0.167. The van der Waals surface area contributed by atoms with Crippen molar-refractivity contribution >= 4 is 17.6 Å². The summed E-state index contributed by atoms with van der Waals surface area (Å²) in [7, 11) is 0. The lowest BCUT2D eigenvalue weighted by Gasteiger charge is -2.15. The van der Waals surface area contributed by atoms with E-state index >= 15 is 0 Å². The molecule has 4 nitrogen and oxygen atoms in total. The quantitative estimate of drug-likeness (QED) is 0.780. The molecule has 0 saturated heterocycles. The number of carboxylic acids is 1. The van der Waals surface area contributed by atoms with Gasteiger partial charge in [-0.15, -0.1) is 6.58 Å². The molecule has 16 heavy (non-hydrogen) atoms. The van der Waals surface area contributed by atoms with Crippen molar-refractivity contribution < 1.29 is 14.7 Å². The standard InChI is InChI=1S/C12H11NO3/c1-2-5-13-10-6-9(12(15)16)4-3-8(10)7-11(13)14/h2-4,6H,1,5,7H2,(H,15,16). The summed E-state index contributed by atoms with van der Waals surface area (Å²) in [6, 6.07) is 4.75. The molecule has 1 N–H and O–H groups in total. The normalized spacial score (nSPS) is 13.8. The lowest BCUT2D eigenvalue weighted by molar-refractivity contribution is -0.117. The number of nitrogens with zero attached hydrogens (tertiary/aromatic N) is 1. The largest absolute Gasteiger partial charge is 0.478 e. The molecule has 0 bridgehead atoms. The molecule has 82 valence electrons. The third-order valence-corrected chi connectivity index (χ3v) is 2.58. The highest BCUT2D eigenvalue weighted by atomic mass is 16.4. The molecular formula is C12H11NO3. The number of fused-ring (bicyclic) bond motifs is 1. The molecule has 2 rings (SSSR count). The van der Waals surface area contributed by atoms with Crippen molar-refractivity contribution in [3.05, 3.63) is 42.0 Å². The molecule has 1 heterocycles. The summed E-state index contributed by atoms with van der Waals surface area (Å²) in [6.45, 7) is 3.99. The van der Waals surface area contributed by atoms with E-state index in [2.05, 4.69) is 6.58 Å². The Morgan fingerprint density at radius 1 is 1.56 bits per heavy atom. The highest BCUT2D eigenvalue weighted by Gasteiger charge is 2.26. The van der Waals surface area contributed by atoms with E-state index < -0.39 is 5.97 Å². The minimum Gasteiger partial charge on any atom is -0.478 e. The van der Waals surface area contributed by atoms with E-state index in [9.17, 15) is 9.59 Å². The second-order valence-electron chi connectivity index (χ2n) is 3.62. The Morgan fingerprint density at radius 2 is 2.31 bits per heavy atom. The topological polar surface area (TPSA) is 57.6 Å². The predicted octanol–water partition coefficient (Wildman–Crippen LogP) is 1.46. The number of amides is 1. The second-order valence-corrected chi connectivity index (χ2v) is 3.62. The Kier molecular flexibility index (Phi) is 2.48. The van der Waals surface area contributed by atoms with Gasteiger partial charge >= 0.3 is 5.97 Å². The molecule has 1 aromatic carbocycles. The first-order valence-electron chi connectivity index (χ1n) is 4.91. The molecule has 1 aliphatic rings. The van der Waals surface area contributed by atoms with Crippen LogP contribution in [-0.4, -0.2) is 23.5 Å². The Morgan fingerprint density at radius 3 is 2.94 bits per heavy atom. The molecular weight excluding hydrogens is 206 g/mol. The molecule has 0 fully saturated rings. The summed E-state index contributed by atoms with van der Waals surface area (Å²) >= 11 is 0. The number of aromatic carboxylic acids is 1. The molecule has 0 saturated carbocycles. The average molecular weight is 217 g/mol. The molecule has 1 amide bonds. The van der Waals surface area contributed by atoms with Crippen LogP contribution in [0.5, 0.6) is 0 Å². The van der Waals surface area contributed by atoms with Crippen molar-refractivity contribution in [2.45, 2.75) is 6.42 Å². The fourth-order valence-corrected chi connectivity index (χ4v) is 1.82. The van der Waals surface area contributed by atoms with E-state index in [0.29, 0.717) is 18.7 Å². The molecule has 4 heteroatoms. The van der Waals surface area contributed by atoms with Crippen molar-refractivity contribution in [3.8, 4) is 0 Å². The zero-order valence-electron chi connectivity index (χ0n) is 8.64. The van der Waals surface area contributed by atoms with Crippen LogP contribution in [0.25, 0.3) is 0 Å². The van der Waals surface area contributed by atoms with Gasteiger partial charge < -0.3 is 10.0 Å². The van der Waals surface area contributed by atoms with Gasteiger partial charge in [-0.2, -0.15) is 0 Å². The molecule has 0 aliphatic carbocycles. The average Bonchev–Trinajstić information content (AvgIpc) is 2.55. The number of hydrogen-bond acceptors (Lipinski definition) is 2. The number of carboxylic acid groups (broad SMARTS) is 1. The summed E-state index contributed by atoms with van der Waals surface area (Å²) in [5.74, 6) is -1.00. The van der Waals surface area contributed by atoms with Crippen LogP contribution in [0.15, 0.2) is 30.9 Å². The molecule has 0 unspecified atom stereocenters. The molecule has 0 atom stereocenters. The number of hydrogen-bond donors (Lipinski definition) is 1. The van der Waals surface area contributed by atoms with Gasteiger partial charge in [0.15, 0.2) is 0 Å². The van der Waals surface area contributed by atoms with E-state index in [4.69, 9.17) is 5.11 Å². The summed E-state index contributed by atoms with van der Waals surface area (Å²) in [4.78, 5) is 24.0. The number of benzene rings is 1. The Balaban J connectivity index is 2.45. The fourth-order valence-electron chi connectivity index (χ4n) is 1.82. The summed E-state index contributed by atoms with van der Waals surface area (Å²) in [5, 5.41) is 8.87. The minimum atomic E-state index is -0.985. The van der Waals surface area contributed by atoms with E-state index in [1.54, 1.807) is 17.0 Å². The number of anilines is 1. The zero-order valence-corrected chi connectivity index (χ0v) is 8.64. The maximum Gasteiger partial charge on any atom is 0.335 e. The van der Waals surface area contributed by atoms with Gasteiger partial charge in [0.2, 0.25) is 5.91 Å². The Labute approximate surface area is 92.8 Å². The lowest BCUT2D eigenvalue weighted by Crippen LogP contribution is -2.26. The Hall–Kier alpha value is -2.10. The summed E-state index contributed by atoms with van der Waals surface area (Å²) < 4.78 is 0. The number of rotatable bonds is 3. The van der Waals surface area contributed by atoms with Crippen molar-refractivity contribution in [2.75, 3.05) is 11.4 Å². The van der Waals surface area contributed by atoms with Crippen molar-refractivity contribution in [1.82, 2.24) is 0 Å². The van der Waals surface area contributed by atoms with Crippen LogP contribution in [0.1, 0.15) is 15.9 Å². The number of carbonyl (C=O) groups excluding carboxylic acids is 1. The van der Waals surface area contributed by atoms with Gasteiger partial charge in [0.1, 0.15) is 0 Å². The first-order chi connectivity index (χ1) is 7.63. The predicted molar refractivity (Wildman–Crippen MR) is 59.7 cm³/mol. The smallest absolute Gasteiger partial charge is 0.335 e. The maximum absolute atomic E-state index is 11.6. The molecule has 0 spiro atoms.